The third-order valence-electron chi connectivity index (χ3n) is 2.41. The second kappa shape index (κ2) is 5.04. The SMILES string of the molecule is O=C(Cl)C1(CC(Br)(Br)Br)CNc2[pH]ccc2O1. The fourth-order valence-corrected chi connectivity index (χ4v) is 4.06. The van der Waals surface area contributed by atoms with E-state index in [0.29, 0.717) is 26.9 Å². The second-order valence-electron chi connectivity index (χ2n) is 3.73. The lowest BCUT2D eigenvalue weighted by Crippen LogP contribution is -2.52. The molecule has 0 saturated carbocycles. The molecule has 0 bridgehead atoms. The highest BCUT2D eigenvalue weighted by molar-refractivity contribution is 9.39. The predicted molar refractivity (Wildman–Crippen MR) is 82.8 cm³/mol. The van der Waals surface area contributed by atoms with Gasteiger partial charge >= 0.3 is 0 Å². The standard InChI is InChI=1S/C9H8Br3ClNO2P/c10-9(11,12)3-8(7(13)15)4-14-6-5(16-8)1-2-17-6/h1-2,14,17H,3-4H2. The molecule has 2 heterocycles. The van der Waals surface area contributed by atoms with E-state index < -0.39 is 13.0 Å². The number of alkyl halides is 3. The van der Waals surface area contributed by atoms with Crippen molar-refractivity contribution in [2.24, 2.45) is 0 Å². The maximum absolute atomic E-state index is 11.7. The summed E-state index contributed by atoms with van der Waals surface area (Å²) in [6, 6.07) is 1.87. The molecule has 1 aliphatic heterocycles. The lowest BCUT2D eigenvalue weighted by molar-refractivity contribution is -0.125. The van der Waals surface area contributed by atoms with Gasteiger partial charge in [-0.25, -0.2) is 0 Å². The van der Waals surface area contributed by atoms with E-state index >= 15 is 0 Å². The van der Waals surface area contributed by atoms with Gasteiger partial charge in [0.1, 0.15) is 7.89 Å². The summed E-state index contributed by atoms with van der Waals surface area (Å²) in [7, 11) is 0.569. The normalized spacial score (nSPS) is 24.0. The molecule has 8 heteroatoms. The molecule has 0 fully saturated rings. The monoisotopic (exact) mass is 465 g/mol. The highest BCUT2D eigenvalue weighted by atomic mass is 80.0. The van der Waals surface area contributed by atoms with Gasteiger partial charge in [-0.2, -0.15) is 0 Å². The zero-order valence-corrected chi connectivity index (χ0v) is 14.9. The number of carbonyl (C=O) groups is 1. The Balaban J connectivity index is 2.29. The molecule has 2 rings (SSSR count). The summed E-state index contributed by atoms with van der Waals surface area (Å²) >= 11 is 15.8. The first-order valence-corrected chi connectivity index (χ1v) is 8.53. The van der Waals surface area contributed by atoms with Crippen molar-refractivity contribution in [3.63, 3.8) is 0 Å². The van der Waals surface area contributed by atoms with E-state index in [4.69, 9.17) is 16.3 Å². The van der Waals surface area contributed by atoms with Crippen LogP contribution < -0.4 is 10.1 Å². The molecule has 1 aliphatic rings. The summed E-state index contributed by atoms with van der Waals surface area (Å²) < 4.78 is 5.22. The summed E-state index contributed by atoms with van der Waals surface area (Å²) in [5.74, 6) is 2.72. The van der Waals surface area contributed by atoms with Crippen LogP contribution in [0.2, 0.25) is 0 Å². The first-order chi connectivity index (χ1) is 7.82. The second-order valence-corrected chi connectivity index (χ2v) is 12.5. The van der Waals surface area contributed by atoms with Gasteiger partial charge in [-0.05, 0) is 23.5 Å². The largest absolute Gasteiger partial charge is 0.474 e. The van der Waals surface area contributed by atoms with Crippen molar-refractivity contribution < 1.29 is 9.53 Å². The lowest BCUT2D eigenvalue weighted by Gasteiger charge is -2.37. The fourth-order valence-electron chi connectivity index (χ4n) is 1.66. The van der Waals surface area contributed by atoms with Gasteiger partial charge in [-0.3, -0.25) is 4.79 Å². The Hall–Kier alpha value is 0.780. The Bertz CT molecular complexity index is 448. The molecule has 2 atom stereocenters. The average Bonchev–Trinajstić information content (AvgIpc) is 2.61. The van der Waals surface area contributed by atoms with Crippen molar-refractivity contribution in [2.45, 2.75) is 14.2 Å². The summed E-state index contributed by atoms with van der Waals surface area (Å²) in [6.45, 7) is 0.368. The van der Waals surface area contributed by atoms with Crippen LogP contribution in [0.4, 0.5) is 5.42 Å². The minimum atomic E-state index is -1.07. The molecule has 3 nitrogen and oxygen atoms in total. The number of hydrogen-bond donors (Lipinski definition) is 1. The van der Waals surface area contributed by atoms with Crippen molar-refractivity contribution in [3.05, 3.63) is 11.9 Å². The third kappa shape index (κ3) is 3.21. The number of ether oxygens (including phenoxy) is 1. The number of hydrogen-bond acceptors (Lipinski definition) is 3. The Morgan fingerprint density at radius 1 is 1.65 bits per heavy atom. The summed E-state index contributed by atoms with van der Waals surface area (Å²) in [5.41, 5.74) is -0.0429. The topological polar surface area (TPSA) is 38.3 Å². The molecule has 1 aromatic heterocycles. The Morgan fingerprint density at radius 3 is 2.94 bits per heavy atom. The van der Waals surface area contributed by atoms with Gasteiger partial charge in [0, 0.05) is 6.42 Å². The number of halogens is 4. The molecular formula is C9H8Br3ClNO2P. The average molecular weight is 468 g/mol. The molecule has 0 amide bonds. The van der Waals surface area contributed by atoms with Crippen LogP contribution in [-0.4, -0.2) is 19.5 Å². The minimum absolute atomic E-state index is 0.350. The number of rotatable bonds is 2. The van der Waals surface area contributed by atoms with Crippen LogP contribution in [0.25, 0.3) is 0 Å². The van der Waals surface area contributed by atoms with Crippen LogP contribution in [0.1, 0.15) is 6.42 Å². The molecule has 0 saturated heterocycles. The van der Waals surface area contributed by atoms with Crippen molar-refractivity contribution in [2.75, 3.05) is 11.9 Å². The van der Waals surface area contributed by atoms with Gasteiger partial charge in [0.05, 0.1) is 12.0 Å². The van der Waals surface area contributed by atoms with Crippen LogP contribution in [0.3, 0.4) is 0 Å². The summed E-state index contributed by atoms with van der Waals surface area (Å²) in [4.78, 5) is 11.7. The predicted octanol–water partition coefficient (Wildman–Crippen LogP) is 4.26. The number of anilines is 1. The van der Waals surface area contributed by atoms with Gasteiger partial charge in [-0.15, -0.1) is 8.19 Å². The van der Waals surface area contributed by atoms with E-state index in [-0.39, 0.29) is 0 Å². The lowest BCUT2D eigenvalue weighted by atomic mass is 10.0. The van der Waals surface area contributed by atoms with E-state index in [1.165, 1.54) is 0 Å². The molecule has 17 heavy (non-hydrogen) atoms. The molecular weight excluding hydrogens is 460 g/mol. The Labute approximate surface area is 130 Å². The number of nitrogens with one attached hydrogen (secondary N) is 1. The molecule has 94 valence electrons. The van der Waals surface area contributed by atoms with Crippen LogP contribution >= 0.6 is 67.6 Å². The Kier molecular flexibility index (Phi) is 4.21. The van der Waals surface area contributed by atoms with Crippen LogP contribution in [0, 0.1) is 0 Å². The maximum atomic E-state index is 11.7. The molecule has 1 N–H and O–H groups in total. The van der Waals surface area contributed by atoms with Gasteiger partial charge in [-0.1, -0.05) is 47.8 Å². The zero-order valence-electron chi connectivity index (χ0n) is 8.40. The summed E-state index contributed by atoms with van der Waals surface area (Å²) in [5, 5.41) is 2.70. The van der Waals surface area contributed by atoms with Crippen molar-refractivity contribution in [1.29, 1.82) is 0 Å². The van der Waals surface area contributed by atoms with Gasteiger partial charge in [0.15, 0.2) is 0 Å². The van der Waals surface area contributed by atoms with Crippen molar-refractivity contribution in [3.8, 4) is 5.75 Å². The van der Waals surface area contributed by atoms with E-state index in [1.807, 2.05) is 11.9 Å². The number of carbonyl (C=O) groups excluding carboxylic acids is 1. The molecule has 0 spiro atoms. The van der Waals surface area contributed by atoms with E-state index in [2.05, 4.69) is 53.1 Å². The third-order valence-corrected chi connectivity index (χ3v) is 4.64. The molecule has 0 aromatic carbocycles. The minimum Gasteiger partial charge on any atom is -0.474 e. The number of fused-ring (bicyclic) bond motifs is 1. The molecule has 0 aliphatic carbocycles. The molecule has 1 aromatic rings. The first-order valence-electron chi connectivity index (χ1n) is 4.69. The first kappa shape index (κ1) is 14.2. The molecule has 2 unspecified atom stereocenters. The van der Waals surface area contributed by atoms with Gasteiger partial charge in [0.25, 0.3) is 5.24 Å². The summed E-state index contributed by atoms with van der Waals surface area (Å²) in [6.07, 6.45) is 0.350. The van der Waals surface area contributed by atoms with E-state index in [9.17, 15) is 4.79 Å². The van der Waals surface area contributed by atoms with E-state index in [1.54, 1.807) is 0 Å². The highest BCUT2D eigenvalue weighted by Gasteiger charge is 2.47. The van der Waals surface area contributed by atoms with Gasteiger partial charge in [0.2, 0.25) is 5.60 Å². The zero-order chi connectivity index (χ0) is 12.7. The van der Waals surface area contributed by atoms with Gasteiger partial charge < -0.3 is 10.1 Å². The smallest absolute Gasteiger partial charge is 0.267 e. The quantitative estimate of drug-likeness (QED) is 0.521. The van der Waals surface area contributed by atoms with Crippen molar-refractivity contribution >= 4 is 78.2 Å². The van der Waals surface area contributed by atoms with E-state index in [0.717, 1.165) is 5.42 Å². The Morgan fingerprint density at radius 2 is 2.35 bits per heavy atom. The fraction of sp³-hybridized carbons (Fsp3) is 0.444. The van der Waals surface area contributed by atoms with Crippen molar-refractivity contribution in [1.82, 2.24) is 0 Å². The van der Waals surface area contributed by atoms with Crippen LogP contribution in [0.15, 0.2) is 11.9 Å². The highest BCUT2D eigenvalue weighted by Crippen LogP contribution is 2.47. The van der Waals surface area contributed by atoms with Crippen LogP contribution in [-0.2, 0) is 4.79 Å². The molecule has 0 radical (unpaired) electrons. The van der Waals surface area contributed by atoms with Crippen LogP contribution in [0.5, 0.6) is 5.75 Å². The maximum Gasteiger partial charge on any atom is 0.267 e.